The van der Waals surface area contributed by atoms with Crippen molar-refractivity contribution in [2.24, 2.45) is 0 Å². The van der Waals surface area contributed by atoms with E-state index in [1.807, 2.05) is 0 Å². The van der Waals surface area contributed by atoms with Gasteiger partial charge in [0.15, 0.2) is 0 Å². The van der Waals surface area contributed by atoms with Crippen molar-refractivity contribution in [3.05, 3.63) is 0 Å². The normalized spacial score (nSPS) is 24.0. The van der Waals surface area contributed by atoms with Gasteiger partial charge >= 0.3 is 0 Å². The Morgan fingerprint density at radius 1 is 1.38 bits per heavy atom. The third kappa shape index (κ3) is 3.65. The molecule has 0 amide bonds. The summed E-state index contributed by atoms with van der Waals surface area (Å²) in [5.74, 6) is 0. The molecule has 1 heterocycles. The largest absolute Gasteiger partial charge is 0.366 e. The van der Waals surface area contributed by atoms with E-state index in [0.717, 1.165) is 19.4 Å². The van der Waals surface area contributed by atoms with Gasteiger partial charge in [-0.15, -0.1) is 0 Å². The molecule has 0 saturated carbocycles. The standard InChI is InChI=1S/C11H23NO/c1-3-5-7-11-8-6-9-12(11)10-13-4-2/h11H,3-10H2,1-2H3. The summed E-state index contributed by atoms with van der Waals surface area (Å²) in [6, 6.07) is 0.812. The molecule has 0 aliphatic carbocycles. The summed E-state index contributed by atoms with van der Waals surface area (Å²) >= 11 is 0. The lowest BCUT2D eigenvalue weighted by Gasteiger charge is -2.23. The Morgan fingerprint density at radius 2 is 2.23 bits per heavy atom. The summed E-state index contributed by atoms with van der Waals surface area (Å²) in [5.41, 5.74) is 0. The SMILES string of the molecule is CCCCC1CCCN1COCC. The first-order valence-electron chi connectivity index (χ1n) is 5.70. The van der Waals surface area contributed by atoms with E-state index >= 15 is 0 Å². The molecule has 0 spiro atoms. The van der Waals surface area contributed by atoms with Crippen molar-refractivity contribution in [3.63, 3.8) is 0 Å². The number of likely N-dealkylation sites (tertiary alicyclic amines) is 1. The maximum Gasteiger partial charge on any atom is 0.0992 e. The van der Waals surface area contributed by atoms with E-state index in [1.54, 1.807) is 0 Å². The van der Waals surface area contributed by atoms with E-state index in [9.17, 15) is 0 Å². The number of hydrogen-bond donors (Lipinski definition) is 0. The van der Waals surface area contributed by atoms with Crippen LogP contribution in [0.3, 0.4) is 0 Å². The van der Waals surface area contributed by atoms with E-state index in [-0.39, 0.29) is 0 Å². The third-order valence-corrected chi connectivity index (χ3v) is 2.85. The predicted octanol–water partition coefficient (Wildman–Crippen LogP) is 2.64. The highest BCUT2D eigenvalue weighted by atomic mass is 16.5. The first-order valence-corrected chi connectivity index (χ1v) is 5.70. The molecule has 13 heavy (non-hydrogen) atoms. The van der Waals surface area contributed by atoms with Gasteiger partial charge in [-0.3, -0.25) is 4.90 Å². The van der Waals surface area contributed by atoms with Gasteiger partial charge in [0.2, 0.25) is 0 Å². The molecule has 1 rings (SSSR count). The van der Waals surface area contributed by atoms with E-state index in [2.05, 4.69) is 18.7 Å². The van der Waals surface area contributed by atoms with Crippen molar-refractivity contribution in [3.8, 4) is 0 Å². The minimum atomic E-state index is 0.812. The van der Waals surface area contributed by atoms with Gasteiger partial charge in [-0.05, 0) is 26.2 Å². The fourth-order valence-corrected chi connectivity index (χ4v) is 2.04. The Hall–Kier alpha value is -0.0800. The fourth-order valence-electron chi connectivity index (χ4n) is 2.04. The summed E-state index contributed by atoms with van der Waals surface area (Å²) in [6.07, 6.45) is 6.80. The smallest absolute Gasteiger partial charge is 0.0992 e. The Kier molecular flexibility index (Phi) is 5.40. The summed E-state index contributed by atoms with van der Waals surface area (Å²) in [4.78, 5) is 2.50. The number of hydrogen-bond acceptors (Lipinski definition) is 2. The quantitative estimate of drug-likeness (QED) is 0.630. The highest BCUT2D eigenvalue weighted by Crippen LogP contribution is 2.21. The van der Waals surface area contributed by atoms with Crippen molar-refractivity contribution in [2.75, 3.05) is 19.9 Å². The molecule has 0 radical (unpaired) electrons. The molecule has 1 aliphatic heterocycles. The van der Waals surface area contributed by atoms with Crippen molar-refractivity contribution in [1.29, 1.82) is 0 Å². The van der Waals surface area contributed by atoms with Gasteiger partial charge in [-0.1, -0.05) is 19.8 Å². The number of nitrogens with zero attached hydrogens (tertiary/aromatic N) is 1. The molecule has 0 aromatic heterocycles. The van der Waals surface area contributed by atoms with Gasteiger partial charge in [0.05, 0.1) is 6.73 Å². The van der Waals surface area contributed by atoms with Gasteiger partial charge in [0.1, 0.15) is 0 Å². The summed E-state index contributed by atoms with van der Waals surface area (Å²) in [7, 11) is 0. The van der Waals surface area contributed by atoms with Crippen molar-refractivity contribution in [2.45, 2.75) is 52.0 Å². The zero-order chi connectivity index (χ0) is 9.52. The molecule has 2 heteroatoms. The topological polar surface area (TPSA) is 12.5 Å². The monoisotopic (exact) mass is 185 g/mol. The van der Waals surface area contributed by atoms with Crippen LogP contribution in [-0.2, 0) is 4.74 Å². The molecule has 0 bridgehead atoms. The van der Waals surface area contributed by atoms with Crippen LogP contribution < -0.4 is 0 Å². The molecule has 0 N–H and O–H groups in total. The predicted molar refractivity (Wildman–Crippen MR) is 55.7 cm³/mol. The van der Waals surface area contributed by atoms with Crippen LogP contribution in [0, 0.1) is 0 Å². The highest BCUT2D eigenvalue weighted by Gasteiger charge is 2.23. The van der Waals surface area contributed by atoms with Gasteiger partial charge in [-0.2, -0.15) is 0 Å². The number of unbranched alkanes of at least 4 members (excludes halogenated alkanes) is 1. The molecule has 0 aromatic carbocycles. The molecule has 1 fully saturated rings. The molecule has 1 aliphatic rings. The summed E-state index contributed by atoms with van der Waals surface area (Å²) in [6.45, 7) is 7.27. The molecule has 0 aromatic rings. The van der Waals surface area contributed by atoms with E-state index in [1.165, 1.54) is 38.6 Å². The third-order valence-electron chi connectivity index (χ3n) is 2.85. The molecule has 1 unspecified atom stereocenters. The van der Waals surface area contributed by atoms with Crippen LogP contribution in [0.4, 0.5) is 0 Å². The first-order chi connectivity index (χ1) is 6.38. The summed E-state index contributed by atoms with van der Waals surface area (Å²) in [5, 5.41) is 0. The average molecular weight is 185 g/mol. The average Bonchev–Trinajstić information content (AvgIpc) is 2.59. The van der Waals surface area contributed by atoms with Gasteiger partial charge in [-0.25, -0.2) is 0 Å². The molecular formula is C11H23NO. The molecule has 2 nitrogen and oxygen atoms in total. The van der Waals surface area contributed by atoms with Gasteiger partial charge < -0.3 is 4.74 Å². The van der Waals surface area contributed by atoms with Crippen LogP contribution in [-0.4, -0.2) is 30.8 Å². The minimum Gasteiger partial charge on any atom is -0.366 e. The minimum absolute atomic E-state index is 0.812. The Balaban J connectivity index is 2.18. The fraction of sp³-hybridized carbons (Fsp3) is 1.00. The number of ether oxygens (including phenoxy) is 1. The summed E-state index contributed by atoms with van der Waals surface area (Å²) < 4.78 is 5.45. The second-order valence-electron chi connectivity index (χ2n) is 3.87. The van der Waals surface area contributed by atoms with Gasteiger partial charge in [0.25, 0.3) is 0 Å². The maximum absolute atomic E-state index is 5.45. The van der Waals surface area contributed by atoms with Crippen LogP contribution in [0.1, 0.15) is 46.0 Å². The Bertz CT molecular complexity index is 113. The second-order valence-corrected chi connectivity index (χ2v) is 3.87. The first kappa shape index (κ1) is 11.0. The highest BCUT2D eigenvalue weighted by molar-refractivity contribution is 4.76. The van der Waals surface area contributed by atoms with Crippen LogP contribution >= 0.6 is 0 Å². The zero-order valence-corrected chi connectivity index (χ0v) is 9.09. The lowest BCUT2D eigenvalue weighted by molar-refractivity contribution is 0.0262. The Morgan fingerprint density at radius 3 is 2.92 bits per heavy atom. The van der Waals surface area contributed by atoms with E-state index < -0.39 is 0 Å². The van der Waals surface area contributed by atoms with Crippen molar-refractivity contribution < 1.29 is 4.74 Å². The number of rotatable bonds is 6. The zero-order valence-electron chi connectivity index (χ0n) is 9.09. The van der Waals surface area contributed by atoms with Crippen molar-refractivity contribution in [1.82, 2.24) is 4.90 Å². The van der Waals surface area contributed by atoms with Crippen LogP contribution in [0.5, 0.6) is 0 Å². The Labute approximate surface area is 82.3 Å². The maximum atomic E-state index is 5.45. The molecule has 1 saturated heterocycles. The van der Waals surface area contributed by atoms with Crippen LogP contribution in [0.2, 0.25) is 0 Å². The molecule has 1 atom stereocenters. The lowest BCUT2D eigenvalue weighted by atomic mass is 10.1. The van der Waals surface area contributed by atoms with Crippen LogP contribution in [0.25, 0.3) is 0 Å². The van der Waals surface area contributed by atoms with Crippen LogP contribution in [0.15, 0.2) is 0 Å². The molecular weight excluding hydrogens is 162 g/mol. The van der Waals surface area contributed by atoms with E-state index in [4.69, 9.17) is 4.74 Å². The van der Waals surface area contributed by atoms with Crippen molar-refractivity contribution >= 4 is 0 Å². The van der Waals surface area contributed by atoms with Gasteiger partial charge in [0, 0.05) is 19.2 Å². The molecule has 78 valence electrons. The van der Waals surface area contributed by atoms with E-state index in [0.29, 0.717) is 0 Å². The second kappa shape index (κ2) is 6.39. The lowest BCUT2D eigenvalue weighted by Crippen LogP contribution is -2.31.